The smallest absolute Gasteiger partial charge is 0.259 e. The average molecular weight is 541 g/mol. The van der Waals surface area contributed by atoms with Gasteiger partial charge in [0.05, 0.1) is 23.2 Å². The van der Waals surface area contributed by atoms with Crippen LogP contribution in [-0.4, -0.2) is 48.0 Å². The number of rotatable bonds is 7. The highest BCUT2D eigenvalue weighted by Gasteiger charge is 2.49. The second-order valence-electron chi connectivity index (χ2n) is 11.6. The Morgan fingerprint density at radius 1 is 1.27 bits per heavy atom. The van der Waals surface area contributed by atoms with Crippen molar-refractivity contribution in [1.82, 2.24) is 29.0 Å². The van der Waals surface area contributed by atoms with Crippen LogP contribution >= 0.6 is 0 Å². The molecule has 1 aliphatic heterocycles. The van der Waals surface area contributed by atoms with E-state index >= 15 is 0 Å². The van der Waals surface area contributed by atoms with Gasteiger partial charge >= 0.3 is 0 Å². The van der Waals surface area contributed by atoms with Crippen LogP contribution in [0.25, 0.3) is 5.65 Å². The number of aryl methyl sites for hydroxylation is 1. The van der Waals surface area contributed by atoms with Crippen molar-refractivity contribution in [3.63, 3.8) is 0 Å². The number of hydrogen-bond donors (Lipinski definition) is 1. The summed E-state index contributed by atoms with van der Waals surface area (Å²) in [6.07, 6.45) is 9.32. The largest absolute Gasteiger partial charge is 0.322 e. The zero-order valence-corrected chi connectivity index (χ0v) is 22.8. The molecule has 40 heavy (non-hydrogen) atoms. The van der Waals surface area contributed by atoms with Crippen LogP contribution in [0.2, 0.25) is 0 Å². The van der Waals surface area contributed by atoms with E-state index < -0.39 is 5.95 Å². The van der Waals surface area contributed by atoms with Crippen molar-refractivity contribution in [3.8, 4) is 6.07 Å². The van der Waals surface area contributed by atoms with Crippen LogP contribution in [0.1, 0.15) is 66.3 Å². The third-order valence-electron chi connectivity index (χ3n) is 8.44. The van der Waals surface area contributed by atoms with Gasteiger partial charge in [-0.1, -0.05) is 19.1 Å². The molecule has 6 rings (SSSR count). The highest BCUT2D eigenvalue weighted by Crippen LogP contribution is 2.53. The fourth-order valence-corrected chi connectivity index (χ4v) is 6.63. The molecule has 1 N–H and O–H groups in total. The summed E-state index contributed by atoms with van der Waals surface area (Å²) in [7, 11) is 1.92. The maximum Gasteiger partial charge on any atom is 0.259 e. The van der Waals surface area contributed by atoms with E-state index in [0.717, 1.165) is 49.3 Å². The molecule has 0 unspecified atom stereocenters. The van der Waals surface area contributed by atoms with Crippen molar-refractivity contribution in [2.45, 2.75) is 51.0 Å². The second-order valence-corrected chi connectivity index (χ2v) is 11.6. The van der Waals surface area contributed by atoms with E-state index in [0.29, 0.717) is 30.1 Å². The molecule has 4 aromatic rings. The minimum Gasteiger partial charge on any atom is -0.322 e. The molecule has 1 aliphatic carbocycles. The van der Waals surface area contributed by atoms with Gasteiger partial charge in [0.25, 0.3) is 5.91 Å². The molecule has 1 aromatic carbocycles. The van der Waals surface area contributed by atoms with Crippen LogP contribution in [-0.2, 0) is 19.0 Å². The molecule has 0 radical (unpaired) electrons. The van der Waals surface area contributed by atoms with Gasteiger partial charge in [-0.15, -0.1) is 10.2 Å². The summed E-state index contributed by atoms with van der Waals surface area (Å²) in [5, 5.41) is 20.8. The van der Waals surface area contributed by atoms with Crippen LogP contribution in [0.4, 0.5) is 10.1 Å². The number of piperidine rings is 1. The van der Waals surface area contributed by atoms with E-state index in [1.165, 1.54) is 12.6 Å². The second kappa shape index (κ2) is 10.5. The van der Waals surface area contributed by atoms with E-state index in [4.69, 9.17) is 0 Å². The van der Waals surface area contributed by atoms with Crippen molar-refractivity contribution in [2.24, 2.45) is 18.9 Å². The predicted octanol–water partition coefficient (Wildman–Crippen LogP) is 4.70. The summed E-state index contributed by atoms with van der Waals surface area (Å²) in [5.41, 5.74) is 2.83. The maximum absolute atomic E-state index is 14.2. The number of nitrogens with zero attached hydrogens (tertiary/aromatic N) is 7. The lowest BCUT2D eigenvalue weighted by Gasteiger charge is -2.46. The number of fused-ring (bicyclic) bond motifs is 1. The lowest BCUT2D eigenvalue weighted by Crippen LogP contribution is -2.44. The van der Waals surface area contributed by atoms with Crippen LogP contribution < -0.4 is 5.32 Å². The Morgan fingerprint density at radius 2 is 2.12 bits per heavy atom. The number of carbonyl (C=O) groups excluding carboxylic acids is 1. The van der Waals surface area contributed by atoms with Gasteiger partial charge in [-0.3, -0.25) is 9.69 Å². The number of amides is 1. The molecule has 0 spiro atoms. The zero-order chi connectivity index (χ0) is 27.9. The number of anilines is 1. The van der Waals surface area contributed by atoms with E-state index in [-0.39, 0.29) is 22.9 Å². The highest BCUT2D eigenvalue weighted by molar-refractivity contribution is 6.08. The molecule has 1 atom stereocenters. The summed E-state index contributed by atoms with van der Waals surface area (Å²) in [5.74, 6) is 0.801. The molecule has 3 aromatic heterocycles. The Morgan fingerprint density at radius 3 is 2.88 bits per heavy atom. The van der Waals surface area contributed by atoms with Gasteiger partial charge in [-0.2, -0.15) is 14.6 Å². The molecule has 2 fully saturated rings. The minimum atomic E-state index is -0.623. The number of pyridine rings is 1. The van der Waals surface area contributed by atoms with Crippen molar-refractivity contribution in [1.29, 1.82) is 5.26 Å². The van der Waals surface area contributed by atoms with Crippen LogP contribution in [0, 0.1) is 29.1 Å². The lowest BCUT2D eigenvalue weighted by atomic mass is 9.57. The Labute approximate surface area is 232 Å². The third kappa shape index (κ3) is 4.86. The zero-order valence-electron chi connectivity index (χ0n) is 22.8. The Balaban J connectivity index is 1.29. The van der Waals surface area contributed by atoms with E-state index in [2.05, 4.69) is 38.4 Å². The molecule has 0 bridgehead atoms. The number of halogens is 1. The number of aromatic nitrogens is 5. The topological polar surface area (TPSA) is 104 Å². The van der Waals surface area contributed by atoms with Gasteiger partial charge in [0.2, 0.25) is 5.95 Å². The number of hydrogen-bond acceptors (Lipinski definition) is 6. The van der Waals surface area contributed by atoms with Crippen molar-refractivity contribution in [2.75, 3.05) is 18.4 Å². The Hall–Kier alpha value is -4.10. The first-order valence-electron chi connectivity index (χ1n) is 13.9. The number of benzene rings is 1. The van der Waals surface area contributed by atoms with Crippen molar-refractivity contribution in [3.05, 3.63) is 77.5 Å². The lowest BCUT2D eigenvalue weighted by molar-refractivity contribution is 0.102. The monoisotopic (exact) mass is 540 g/mol. The summed E-state index contributed by atoms with van der Waals surface area (Å²) < 4.78 is 17.7. The van der Waals surface area contributed by atoms with E-state index in [1.807, 2.05) is 48.1 Å². The SMILES string of the molecule is C[C@H]1CCCN(Cc2cc(C(=O)Nc3cccc(C4(c5nncn5C)CC(CC#N)C4)c3)c3nc(F)cn3c2)C1. The first-order chi connectivity index (χ1) is 19.3. The van der Waals surface area contributed by atoms with Crippen LogP contribution in [0.3, 0.4) is 0 Å². The maximum atomic E-state index is 14.2. The van der Waals surface area contributed by atoms with Gasteiger partial charge in [-0.25, -0.2) is 0 Å². The van der Waals surface area contributed by atoms with E-state index in [1.54, 1.807) is 10.7 Å². The minimum absolute atomic E-state index is 0.286. The van der Waals surface area contributed by atoms with Gasteiger partial charge in [0.1, 0.15) is 12.2 Å². The third-order valence-corrected chi connectivity index (χ3v) is 8.44. The number of likely N-dealkylation sites (tertiary alicyclic amines) is 1. The van der Waals surface area contributed by atoms with Crippen LogP contribution in [0.5, 0.6) is 0 Å². The number of imidazole rings is 1. The van der Waals surface area contributed by atoms with Crippen molar-refractivity contribution < 1.29 is 9.18 Å². The molecule has 10 heteroatoms. The summed E-state index contributed by atoms with van der Waals surface area (Å²) in [6.45, 7) is 4.97. The molecule has 2 aliphatic rings. The Bertz CT molecular complexity index is 1590. The molecular weight excluding hydrogens is 507 g/mol. The molecule has 1 amide bonds. The number of carbonyl (C=O) groups is 1. The highest BCUT2D eigenvalue weighted by atomic mass is 19.1. The normalized spacial score (nSPS) is 23.1. The number of nitrogens with one attached hydrogen (secondary N) is 1. The molecule has 4 heterocycles. The Kier molecular flexibility index (Phi) is 6.84. The molecule has 9 nitrogen and oxygen atoms in total. The van der Waals surface area contributed by atoms with Gasteiger partial charge < -0.3 is 14.3 Å². The summed E-state index contributed by atoms with van der Waals surface area (Å²) in [4.78, 5) is 20.0. The average Bonchev–Trinajstić information content (AvgIpc) is 3.50. The molecule has 206 valence electrons. The number of nitriles is 1. The van der Waals surface area contributed by atoms with Gasteiger partial charge in [0, 0.05) is 38.4 Å². The summed E-state index contributed by atoms with van der Waals surface area (Å²) in [6, 6.07) is 11.9. The molecular formula is C30H33FN8O. The standard InChI is InChI=1S/C30H33FN8O/c1-20-5-4-10-38(15-20)16-22-11-25(27-35-26(31)18-39(27)17-22)28(40)34-24-7-3-6-23(12-24)30(13-21(14-30)8-9-32)29-36-33-19-37(29)2/h3,6-7,11-12,17-21H,4-5,8,10,13-16H2,1-2H3,(H,34,40)/t20-,21?,30?/m0/s1. The molecule has 1 saturated heterocycles. The first kappa shape index (κ1) is 26.1. The van der Waals surface area contributed by atoms with Gasteiger partial charge in [0.15, 0.2) is 5.65 Å². The fourth-order valence-electron chi connectivity index (χ4n) is 6.63. The fraction of sp³-hybridized carbons (Fsp3) is 0.433. The van der Waals surface area contributed by atoms with E-state index in [9.17, 15) is 14.4 Å². The summed E-state index contributed by atoms with van der Waals surface area (Å²) >= 11 is 0. The van der Waals surface area contributed by atoms with Crippen LogP contribution in [0.15, 0.2) is 49.1 Å². The first-order valence-corrected chi connectivity index (χ1v) is 13.9. The van der Waals surface area contributed by atoms with Crippen molar-refractivity contribution >= 4 is 17.2 Å². The molecule has 1 saturated carbocycles. The quantitative estimate of drug-likeness (QED) is 0.365. The van der Waals surface area contributed by atoms with Gasteiger partial charge in [-0.05, 0) is 73.4 Å². The predicted molar refractivity (Wildman–Crippen MR) is 148 cm³/mol.